The average Bonchev–Trinajstić information content (AvgIpc) is 2.86. The zero-order valence-electron chi connectivity index (χ0n) is 11.7. The average molecular weight is 289 g/mol. The van der Waals surface area contributed by atoms with Crippen LogP contribution in [0.25, 0.3) is 22.0 Å². The summed E-state index contributed by atoms with van der Waals surface area (Å²) in [5.74, 6) is -0.0363. The minimum Gasteiger partial charge on any atom is -0.384 e. The first kappa shape index (κ1) is 13.5. The normalized spacial score (nSPS) is 10.3. The molecule has 0 aliphatic carbocycles. The van der Waals surface area contributed by atoms with Crippen molar-refractivity contribution in [3.05, 3.63) is 51.4 Å². The third kappa shape index (κ3) is 1.83. The number of fused-ring (bicyclic) bond motifs is 1. The van der Waals surface area contributed by atoms with Crippen LogP contribution >= 0.6 is 0 Å². The monoisotopic (exact) mass is 289 g/mol. The van der Waals surface area contributed by atoms with Gasteiger partial charge in [0.25, 0.3) is 5.56 Å². The lowest BCUT2D eigenvalue weighted by molar-refractivity contribution is 1.21. The summed E-state index contributed by atoms with van der Waals surface area (Å²) in [6.45, 7) is 1.91. The van der Waals surface area contributed by atoms with Gasteiger partial charge >= 0.3 is 0 Å². The Bertz CT molecular complexity index is 1040. The van der Waals surface area contributed by atoms with Crippen molar-refractivity contribution in [3.8, 4) is 23.3 Å². The van der Waals surface area contributed by atoms with Crippen LogP contribution in [0, 0.1) is 29.6 Å². The van der Waals surface area contributed by atoms with E-state index in [-0.39, 0.29) is 22.5 Å². The largest absolute Gasteiger partial charge is 0.384 e. The van der Waals surface area contributed by atoms with Crippen LogP contribution in [0.4, 0.5) is 5.82 Å². The lowest BCUT2D eigenvalue weighted by Gasteiger charge is -2.09. The Kier molecular flexibility index (Phi) is 2.94. The van der Waals surface area contributed by atoms with Gasteiger partial charge < -0.3 is 15.7 Å². The molecule has 0 fully saturated rings. The third-order valence-corrected chi connectivity index (χ3v) is 3.54. The van der Waals surface area contributed by atoms with Gasteiger partial charge in [0.2, 0.25) is 0 Å². The summed E-state index contributed by atoms with van der Waals surface area (Å²) in [5, 5.41) is 19.5. The van der Waals surface area contributed by atoms with Gasteiger partial charge in [-0.25, -0.2) is 0 Å². The fraction of sp³-hybridized carbons (Fsp3) is 0.0625. The van der Waals surface area contributed by atoms with E-state index in [1.807, 2.05) is 31.2 Å². The van der Waals surface area contributed by atoms with Gasteiger partial charge in [-0.1, -0.05) is 12.1 Å². The molecule has 0 atom stereocenters. The van der Waals surface area contributed by atoms with Crippen LogP contribution in [-0.4, -0.2) is 9.97 Å². The molecular weight excluding hydrogens is 278 g/mol. The highest BCUT2D eigenvalue weighted by Crippen LogP contribution is 2.33. The molecule has 2 aromatic heterocycles. The molecule has 0 aliphatic heterocycles. The van der Waals surface area contributed by atoms with Crippen LogP contribution in [0.2, 0.25) is 0 Å². The van der Waals surface area contributed by atoms with Crippen molar-refractivity contribution in [1.82, 2.24) is 9.97 Å². The van der Waals surface area contributed by atoms with Crippen molar-refractivity contribution in [2.24, 2.45) is 0 Å². The maximum Gasteiger partial charge on any atom is 0.268 e. The Morgan fingerprint density at radius 3 is 2.55 bits per heavy atom. The van der Waals surface area contributed by atoms with Crippen LogP contribution in [0.5, 0.6) is 0 Å². The van der Waals surface area contributed by atoms with Gasteiger partial charge in [-0.05, 0) is 24.6 Å². The van der Waals surface area contributed by atoms with E-state index >= 15 is 0 Å². The van der Waals surface area contributed by atoms with Gasteiger partial charge in [-0.3, -0.25) is 4.79 Å². The molecule has 0 unspecified atom stereocenters. The zero-order chi connectivity index (χ0) is 15.9. The van der Waals surface area contributed by atoms with Crippen LogP contribution in [0.15, 0.2) is 29.1 Å². The SMILES string of the molecule is Cc1cc2c(-c3c(C#N)c(N)[nH]c(=O)c3C#N)cccc2[nH]1. The van der Waals surface area contributed by atoms with E-state index in [9.17, 15) is 15.3 Å². The second-order valence-electron chi connectivity index (χ2n) is 4.94. The number of H-pyrrole nitrogens is 2. The number of benzene rings is 1. The van der Waals surface area contributed by atoms with E-state index in [1.165, 1.54) is 0 Å². The summed E-state index contributed by atoms with van der Waals surface area (Å²) in [5.41, 5.74) is 7.85. The smallest absolute Gasteiger partial charge is 0.268 e. The zero-order valence-corrected chi connectivity index (χ0v) is 11.7. The van der Waals surface area contributed by atoms with Crippen molar-refractivity contribution in [3.63, 3.8) is 0 Å². The van der Waals surface area contributed by atoms with Crippen LogP contribution in [-0.2, 0) is 0 Å². The maximum atomic E-state index is 12.0. The molecule has 3 aromatic rings. The van der Waals surface area contributed by atoms with E-state index in [2.05, 4.69) is 9.97 Å². The van der Waals surface area contributed by atoms with Crippen LogP contribution in [0.1, 0.15) is 16.8 Å². The highest BCUT2D eigenvalue weighted by Gasteiger charge is 2.20. The van der Waals surface area contributed by atoms with Crippen LogP contribution in [0.3, 0.4) is 0 Å². The van der Waals surface area contributed by atoms with Crippen molar-refractivity contribution in [2.75, 3.05) is 5.73 Å². The number of pyridine rings is 1. The number of aromatic nitrogens is 2. The molecule has 2 heterocycles. The lowest BCUT2D eigenvalue weighted by Crippen LogP contribution is -2.16. The molecular formula is C16H11N5O. The molecule has 4 N–H and O–H groups in total. The Balaban J connectivity index is 2.53. The number of hydrogen-bond acceptors (Lipinski definition) is 4. The number of rotatable bonds is 1. The van der Waals surface area contributed by atoms with Crippen molar-refractivity contribution >= 4 is 16.7 Å². The molecule has 106 valence electrons. The first-order valence-corrected chi connectivity index (χ1v) is 6.51. The number of aryl methyl sites for hydroxylation is 1. The fourth-order valence-electron chi connectivity index (χ4n) is 2.63. The highest BCUT2D eigenvalue weighted by atomic mass is 16.1. The predicted octanol–water partition coefficient (Wildman–Crippen LogP) is 2.16. The molecule has 0 bridgehead atoms. The number of anilines is 1. The minimum absolute atomic E-state index is 0.0363. The van der Waals surface area contributed by atoms with Crippen LogP contribution < -0.4 is 11.3 Å². The number of nitrogens with one attached hydrogen (secondary N) is 2. The van der Waals surface area contributed by atoms with E-state index in [0.717, 1.165) is 16.6 Å². The van der Waals surface area contributed by atoms with Crippen molar-refractivity contribution < 1.29 is 0 Å². The predicted molar refractivity (Wildman–Crippen MR) is 82.9 cm³/mol. The maximum absolute atomic E-state index is 12.0. The molecule has 6 nitrogen and oxygen atoms in total. The van der Waals surface area contributed by atoms with E-state index < -0.39 is 5.56 Å². The second-order valence-corrected chi connectivity index (χ2v) is 4.94. The number of nitriles is 2. The summed E-state index contributed by atoms with van der Waals surface area (Å²) in [6.07, 6.45) is 0. The first-order chi connectivity index (χ1) is 10.6. The molecule has 3 rings (SSSR count). The summed E-state index contributed by atoms with van der Waals surface area (Å²) in [6, 6.07) is 11.2. The molecule has 0 saturated carbocycles. The van der Waals surface area contributed by atoms with Gasteiger partial charge in [0.05, 0.1) is 0 Å². The fourth-order valence-corrected chi connectivity index (χ4v) is 2.63. The Hall–Kier alpha value is -3.51. The number of hydrogen-bond donors (Lipinski definition) is 3. The van der Waals surface area contributed by atoms with Crippen molar-refractivity contribution in [2.45, 2.75) is 6.92 Å². The first-order valence-electron chi connectivity index (χ1n) is 6.51. The summed E-state index contributed by atoms with van der Waals surface area (Å²) in [7, 11) is 0. The molecule has 0 radical (unpaired) electrons. The molecule has 0 saturated heterocycles. The minimum atomic E-state index is -0.599. The summed E-state index contributed by atoms with van der Waals surface area (Å²) in [4.78, 5) is 17.5. The Morgan fingerprint density at radius 1 is 1.14 bits per heavy atom. The van der Waals surface area contributed by atoms with Gasteiger partial charge in [0.15, 0.2) is 0 Å². The third-order valence-electron chi connectivity index (χ3n) is 3.54. The molecule has 22 heavy (non-hydrogen) atoms. The summed E-state index contributed by atoms with van der Waals surface area (Å²) < 4.78 is 0. The molecule has 1 aromatic carbocycles. The van der Waals surface area contributed by atoms with E-state index in [0.29, 0.717) is 5.56 Å². The summed E-state index contributed by atoms with van der Waals surface area (Å²) >= 11 is 0. The van der Waals surface area contributed by atoms with E-state index in [4.69, 9.17) is 5.73 Å². The quantitative estimate of drug-likeness (QED) is 0.635. The lowest BCUT2D eigenvalue weighted by atomic mass is 9.94. The molecule has 0 spiro atoms. The van der Waals surface area contributed by atoms with E-state index in [1.54, 1.807) is 12.1 Å². The number of nitrogens with two attached hydrogens (primary N) is 1. The highest BCUT2D eigenvalue weighted by molar-refractivity contribution is 5.99. The van der Waals surface area contributed by atoms with Gasteiger partial charge in [-0.2, -0.15) is 10.5 Å². The second kappa shape index (κ2) is 4.80. The number of nitrogens with zero attached hydrogens (tertiary/aromatic N) is 2. The molecule has 0 amide bonds. The van der Waals surface area contributed by atoms with Crippen molar-refractivity contribution in [1.29, 1.82) is 10.5 Å². The van der Waals surface area contributed by atoms with Gasteiger partial charge in [0, 0.05) is 22.2 Å². The Labute approximate surface area is 125 Å². The van der Waals surface area contributed by atoms with Gasteiger partial charge in [0.1, 0.15) is 29.1 Å². The standard InChI is InChI=1S/C16H11N5O/c1-8-5-10-9(3-2-4-13(10)20-8)14-11(6-17)15(19)21-16(22)12(14)7-18/h2-5,20H,1H3,(H3,19,21,22). The Morgan fingerprint density at radius 2 is 1.86 bits per heavy atom. The number of aromatic amines is 2. The van der Waals surface area contributed by atoms with Gasteiger partial charge in [-0.15, -0.1) is 0 Å². The molecule has 0 aliphatic rings. The molecule has 6 heteroatoms. The number of nitrogen functional groups attached to an aromatic ring is 1. The topological polar surface area (TPSA) is 122 Å².